The smallest absolute Gasteiger partial charge is 0.203 e. The number of nitrogen functional groups attached to an aromatic ring is 1. The van der Waals surface area contributed by atoms with Crippen LogP contribution >= 0.6 is 0 Å². The summed E-state index contributed by atoms with van der Waals surface area (Å²) >= 11 is 0. The molecular weight excluding hydrogens is 232 g/mol. The number of nitrogens with two attached hydrogens (primary N) is 1. The molecule has 6 nitrogen and oxygen atoms in total. The van der Waals surface area contributed by atoms with Crippen LogP contribution in [0.15, 0.2) is 6.33 Å². The van der Waals surface area contributed by atoms with Crippen LogP contribution in [0.3, 0.4) is 0 Å². The molecule has 2 atom stereocenters. The number of nitrogens with zero attached hydrogens (tertiary/aromatic N) is 2. The Labute approximate surface area is 106 Å². The molecule has 3 rings (SSSR count). The van der Waals surface area contributed by atoms with Crippen LogP contribution in [0.4, 0.5) is 11.6 Å². The summed E-state index contributed by atoms with van der Waals surface area (Å²) in [5, 5.41) is 3.39. The Kier molecular flexibility index (Phi) is 2.95. The van der Waals surface area contributed by atoms with Gasteiger partial charge in [-0.05, 0) is 25.2 Å². The van der Waals surface area contributed by atoms with Crippen molar-refractivity contribution in [1.82, 2.24) is 9.97 Å². The van der Waals surface area contributed by atoms with Crippen molar-refractivity contribution in [3.63, 3.8) is 0 Å². The van der Waals surface area contributed by atoms with Crippen molar-refractivity contribution in [3.8, 4) is 5.75 Å². The summed E-state index contributed by atoms with van der Waals surface area (Å²) < 4.78 is 11.0. The topological polar surface area (TPSA) is 82.3 Å². The van der Waals surface area contributed by atoms with Crippen LogP contribution < -0.4 is 15.8 Å². The van der Waals surface area contributed by atoms with E-state index in [1.807, 2.05) is 0 Å². The van der Waals surface area contributed by atoms with Crippen LogP contribution in [0.2, 0.25) is 0 Å². The standard InChI is InChI=1S/C12H18N4O2/c1-17-10-11(13)14-6-15-12(10)16-8-4-5-18-9(8)7-2-3-7/h6-9H,2-5H2,1H3,(H3,13,14,15,16). The predicted molar refractivity (Wildman–Crippen MR) is 67.5 cm³/mol. The van der Waals surface area contributed by atoms with Crippen LogP contribution in [0.25, 0.3) is 0 Å². The van der Waals surface area contributed by atoms with Crippen molar-refractivity contribution in [2.45, 2.75) is 31.4 Å². The molecule has 0 spiro atoms. The molecule has 1 aliphatic heterocycles. The first-order valence-electron chi connectivity index (χ1n) is 6.32. The van der Waals surface area contributed by atoms with Gasteiger partial charge in [0.05, 0.1) is 19.3 Å². The molecule has 1 aromatic rings. The number of anilines is 2. The first-order chi connectivity index (χ1) is 8.79. The van der Waals surface area contributed by atoms with Crippen molar-refractivity contribution < 1.29 is 9.47 Å². The Morgan fingerprint density at radius 1 is 1.39 bits per heavy atom. The number of hydrogen-bond acceptors (Lipinski definition) is 6. The maximum Gasteiger partial charge on any atom is 0.203 e. The van der Waals surface area contributed by atoms with Gasteiger partial charge < -0.3 is 20.5 Å². The fraction of sp³-hybridized carbons (Fsp3) is 0.667. The summed E-state index contributed by atoms with van der Waals surface area (Å²) in [5.74, 6) is 2.23. The molecule has 0 bridgehead atoms. The monoisotopic (exact) mass is 250 g/mol. The Morgan fingerprint density at radius 3 is 2.94 bits per heavy atom. The van der Waals surface area contributed by atoms with E-state index in [-0.39, 0.29) is 0 Å². The summed E-state index contributed by atoms with van der Waals surface area (Å²) in [6.45, 7) is 0.807. The maximum absolute atomic E-state index is 5.79. The average molecular weight is 250 g/mol. The Balaban J connectivity index is 1.77. The number of aromatic nitrogens is 2. The van der Waals surface area contributed by atoms with Gasteiger partial charge in [0, 0.05) is 6.61 Å². The molecule has 1 saturated heterocycles. The number of hydrogen-bond donors (Lipinski definition) is 2. The quantitative estimate of drug-likeness (QED) is 0.831. The van der Waals surface area contributed by atoms with Gasteiger partial charge in [0.25, 0.3) is 0 Å². The van der Waals surface area contributed by atoms with E-state index in [4.69, 9.17) is 15.2 Å². The fourth-order valence-corrected chi connectivity index (χ4v) is 2.52. The molecule has 1 saturated carbocycles. The zero-order valence-electron chi connectivity index (χ0n) is 10.4. The second-order valence-corrected chi connectivity index (χ2v) is 4.85. The SMILES string of the molecule is COc1c(N)ncnc1NC1CCOC1C1CC1. The molecular formula is C12H18N4O2. The van der Waals surface area contributed by atoms with Gasteiger partial charge in [-0.15, -0.1) is 0 Å². The third kappa shape index (κ3) is 2.08. The van der Waals surface area contributed by atoms with E-state index in [2.05, 4.69) is 15.3 Å². The number of ether oxygens (including phenoxy) is 2. The lowest BCUT2D eigenvalue weighted by Crippen LogP contribution is -2.31. The lowest BCUT2D eigenvalue weighted by Gasteiger charge is -2.21. The molecule has 1 aromatic heterocycles. The molecule has 2 aliphatic rings. The van der Waals surface area contributed by atoms with Gasteiger partial charge in [-0.3, -0.25) is 0 Å². The molecule has 3 N–H and O–H groups in total. The first kappa shape index (κ1) is 11.5. The summed E-state index contributed by atoms with van der Waals surface area (Å²) in [5.41, 5.74) is 5.77. The van der Waals surface area contributed by atoms with Gasteiger partial charge in [0.2, 0.25) is 5.75 Å². The normalized spacial score (nSPS) is 27.2. The van der Waals surface area contributed by atoms with E-state index < -0.39 is 0 Å². The van der Waals surface area contributed by atoms with Crippen LogP contribution in [0, 0.1) is 5.92 Å². The lowest BCUT2D eigenvalue weighted by molar-refractivity contribution is 0.0897. The third-order valence-electron chi connectivity index (χ3n) is 3.58. The molecule has 6 heteroatoms. The van der Waals surface area contributed by atoms with E-state index in [0.29, 0.717) is 35.4 Å². The van der Waals surface area contributed by atoms with E-state index >= 15 is 0 Å². The number of nitrogens with one attached hydrogen (secondary N) is 1. The molecule has 0 amide bonds. The summed E-state index contributed by atoms with van der Waals surface area (Å²) in [4.78, 5) is 8.13. The average Bonchev–Trinajstić information content (AvgIpc) is 3.11. The van der Waals surface area contributed by atoms with Crippen LogP contribution in [0.5, 0.6) is 5.75 Å². The van der Waals surface area contributed by atoms with Crippen molar-refractivity contribution in [2.75, 3.05) is 24.8 Å². The van der Waals surface area contributed by atoms with Crippen molar-refractivity contribution in [2.24, 2.45) is 5.92 Å². The van der Waals surface area contributed by atoms with E-state index in [1.165, 1.54) is 19.2 Å². The minimum absolute atomic E-state index is 0.292. The highest BCUT2D eigenvalue weighted by atomic mass is 16.5. The van der Waals surface area contributed by atoms with Crippen molar-refractivity contribution >= 4 is 11.6 Å². The Bertz CT molecular complexity index is 436. The molecule has 2 heterocycles. The molecule has 1 aliphatic carbocycles. The lowest BCUT2D eigenvalue weighted by atomic mass is 10.1. The minimum Gasteiger partial charge on any atom is -0.490 e. The molecule has 18 heavy (non-hydrogen) atoms. The van der Waals surface area contributed by atoms with Crippen LogP contribution in [-0.2, 0) is 4.74 Å². The Hall–Kier alpha value is -1.56. The summed E-state index contributed by atoms with van der Waals surface area (Å²) in [6, 6.07) is 0.292. The van der Waals surface area contributed by atoms with Crippen molar-refractivity contribution in [3.05, 3.63) is 6.33 Å². The molecule has 2 fully saturated rings. The van der Waals surface area contributed by atoms with Crippen LogP contribution in [-0.4, -0.2) is 35.8 Å². The van der Waals surface area contributed by atoms with E-state index in [1.54, 1.807) is 7.11 Å². The zero-order valence-corrected chi connectivity index (χ0v) is 10.4. The largest absolute Gasteiger partial charge is 0.490 e. The molecule has 2 unspecified atom stereocenters. The Morgan fingerprint density at radius 2 is 2.22 bits per heavy atom. The molecule has 0 aromatic carbocycles. The van der Waals surface area contributed by atoms with E-state index in [9.17, 15) is 0 Å². The minimum atomic E-state index is 0.292. The van der Waals surface area contributed by atoms with Gasteiger partial charge in [-0.2, -0.15) is 0 Å². The summed E-state index contributed by atoms with van der Waals surface area (Å²) in [7, 11) is 1.57. The first-order valence-corrected chi connectivity index (χ1v) is 6.32. The number of methoxy groups -OCH3 is 1. The second-order valence-electron chi connectivity index (χ2n) is 4.85. The highest BCUT2D eigenvalue weighted by molar-refractivity contribution is 5.61. The highest BCUT2D eigenvalue weighted by Crippen LogP contribution is 2.40. The zero-order chi connectivity index (χ0) is 12.5. The highest BCUT2D eigenvalue weighted by Gasteiger charge is 2.41. The number of rotatable bonds is 4. The van der Waals surface area contributed by atoms with E-state index in [0.717, 1.165) is 13.0 Å². The van der Waals surface area contributed by atoms with Gasteiger partial charge in [-0.25, -0.2) is 9.97 Å². The van der Waals surface area contributed by atoms with Gasteiger partial charge in [0.1, 0.15) is 6.33 Å². The van der Waals surface area contributed by atoms with Gasteiger partial charge in [-0.1, -0.05) is 0 Å². The summed E-state index contributed by atoms with van der Waals surface area (Å²) in [6.07, 6.45) is 5.28. The maximum atomic E-state index is 5.79. The second kappa shape index (κ2) is 4.61. The molecule has 0 radical (unpaired) electrons. The predicted octanol–water partition coefficient (Wildman–Crippen LogP) is 1.05. The third-order valence-corrected chi connectivity index (χ3v) is 3.58. The van der Waals surface area contributed by atoms with Gasteiger partial charge >= 0.3 is 0 Å². The van der Waals surface area contributed by atoms with Crippen molar-refractivity contribution in [1.29, 1.82) is 0 Å². The van der Waals surface area contributed by atoms with Gasteiger partial charge in [0.15, 0.2) is 11.6 Å². The van der Waals surface area contributed by atoms with Crippen LogP contribution in [0.1, 0.15) is 19.3 Å². The molecule has 98 valence electrons. The fourth-order valence-electron chi connectivity index (χ4n) is 2.52.